The summed E-state index contributed by atoms with van der Waals surface area (Å²) in [5, 5.41) is 14.2. The summed E-state index contributed by atoms with van der Waals surface area (Å²) in [7, 11) is 0. The van der Waals surface area contributed by atoms with E-state index in [1.54, 1.807) is 36.1 Å². The van der Waals surface area contributed by atoms with Gasteiger partial charge in [0.2, 0.25) is 5.95 Å². The van der Waals surface area contributed by atoms with Crippen LogP contribution in [0.15, 0.2) is 53.3 Å². The molecule has 1 aromatic heterocycles. The normalized spacial score (nSPS) is 16.0. The summed E-state index contributed by atoms with van der Waals surface area (Å²) in [6.07, 6.45) is -2.20. The highest BCUT2D eigenvalue weighted by molar-refractivity contribution is 5.94. The lowest BCUT2D eigenvalue weighted by Gasteiger charge is -2.31. The number of carbonyl (C=O) groups excluding carboxylic acids is 1. The van der Waals surface area contributed by atoms with E-state index in [1.165, 1.54) is 16.8 Å². The SMILES string of the molecule is C[C@H](Nc1nc2c(c(=O)n1N1CCCC1)CN(C(=O)c1ccc(C#N)cc1)CC2)c1ccc(C(F)(F)F)cc1. The van der Waals surface area contributed by atoms with Crippen molar-refractivity contribution in [3.05, 3.63) is 92.4 Å². The van der Waals surface area contributed by atoms with E-state index in [0.717, 1.165) is 25.0 Å². The second-order valence-electron chi connectivity index (χ2n) is 9.79. The van der Waals surface area contributed by atoms with Gasteiger partial charge in [0.15, 0.2) is 0 Å². The van der Waals surface area contributed by atoms with Gasteiger partial charge in [-0.15, -0.1) is 0 Å². The number of amides is 1. The second-order valence-corrected chi connectivity index (χ2v) is 9.79. The van der Waals surface area contributed by atoms with Crippen molar-refractivity contribution in [1.82, 2.24) is 14.6 Å². The maximum atomic E-state index is 13.8. The third-order valence-corrected chi connectivity index (χ3v) is 7.20. The molecule has 0 aliphatic carbocycles. The zero-order valence-corrected chi connectivity index (χ0v) is 21.3. The highest BCUT2D eigenvalue weighted by atomic mass is 19.4. The minimum Gasteiger partial charge on any atom is -0.348 e. The smallest absolute Gasteiger partial charge is 0.348 e. The molecule has 0 unspecified atom stereocenters. The molecule has 0 spiro atoms. The Morgan fingerprint density at radius 2 is 1.72 bits per heavy atom. The summed E-state index contributed by atoms with van der Waals surface area (Å²) in [6.45, 7) is 3.62. The first-order chi connectivity index (χ1) is 18.7. The van der Waals surface area contributed by atoms with Crippen LogP contribution in [0.25, 0.3) is 0 Å². The lowest BCUT2D eigenvalue weighted by molar-refractivity contribution is -0.137. The minimum absolute atomic E-state index is 0.114. The van der Waals surface area contributed by atoms with Gasteiger partial charge in [-0.2, -0.15) is 23.1 Å². The Morgan fingerprint density at radius 3 is 2.33 bits per heavy atom. The molecule has 1 fully saturated rings. The van der Waals surface area contributed by atoms with E-state index >= 15 is 0 Å². The first-order valence-corrected chi connectivity index (χ1v) is 12.8. The van der Waals surface area contributed by atoms with Gasteiger partial charge in [0.05, 0.1) is 41.0 Å². The van der Waals surface area contributed by atoms with Gasteiger partial charge in [-0.05, 0) is 61.7 Å². The number of halogens is 3. The van der Waals surface area contributed by atoms with Gasteiger partial charge in [0.1, 0.15) is 0 Å². The molecule has 5 rings (SSSR count). The molecule has 202 valence electrons. The standard InChI is InChI=1S/C28H27F3N6O2/c1-18(20-8-10-22(11-9-20)28(29,30)31)33-27-34-24-12-15-35(25(38)21-6-4-19(16-32)5-7-21)17-23(24)26(39)37(27)36-13-2-3-14-36/h4-11,18H,2-3,12-15,17H2,1H3,(H,33,34)/t18-/m0/s1. The van der Waals surface area contributed by atoms with Gasteiger partial charge in [0.25, 0.3) is 11.5 Å². The van der Waals surface area contributed by atoms with Crippen molar-refractivity contribution < 1.29 is 18.0 Å². The second kappa shape index (κ2) is 10.4. The van der Waals surface area contributed by atoms with Crippen molar-refractivity contribution in [2.24, 2.45) is 0 Å². The number of hydrogen-bond donors (Lipinski definition) is 1. The molecular formula is C28H27F3N6O2. The van der Waals surface area contributed by atoms with Crippen molar-refractivity contribution in [3.63, 3.8) is 0 Å². The Hall–Kier alpha value is -4.33. The largest absolute Gasteiger partial charge is 0.416 e. The monoisotopic (exact) mass is 536 g/mol. The average molecular weight is 537 g/mol. The third-order valence-electron chi connectivity index (χ3n) is 7.20. The molecule has 1 saturated heterocycles. The summed E-state index contributed by atoms with van der Waals surface area (Å²) in [6, 6.07) is 12.9. The zero-order chi connectivity index (χ0) is 27.7. The predicted octanol–water partition coefficient (Wildman–Crippen LogP) is 4.24. The fourth-order valence-corrected chi connectivity index (χ4v) is 5.00. The van der Waals surface area contributed by atoms with E-state index in [0.29, 0.717) is 60.0 Å². The third kappa shape index (κ3) is 5.32. The van der Waals surface area contributed by atoms with Crippen LogP contribution in [0.4, 0.5) is 19.1 Å². The fraction of sp³-hybridized carbons (Fsp3) is 0.357. The van der Waals surface area contributed by atoms with Gasteiger partial charge >= 0.3 is 6.18 Å². The van der Waals surface area contributed by atoms with E-state index in [2.05, 4.69) is 5.32 Å². The topological polar surface area (TPSA) is 94.3 Å². The molecule has 1 amide bonds. The number of nitrogens with one attached hydrogen (secondary N) is 1. The van der Waals surface area contributed by atoms with Gasteiger partial charge in [-0.3, -0.25) is 9.59 Å². The highest BCUT2D eigenvalue weighted by Crippen LogP contribution is 2.30. The van der Waals surface area contributed by atoms with Crippen LogP contribution >= 0.6 is 0 Å². The number of hydrogen-bond acceptors (Lipinski definition) is 6. The van der Waals surface area contributed by atoms with Crippen molar-refractivity contribution in [2.75, 3.05) is 30.0 Å². The predicted molar refractivity (Wildman–Crippen MR) is 139 cm³/mol. The van der Waals surface area contributed by atoms with Crippen LogP contribution in [0.2, 0.25) is 0 Å². The molecule has 0 bridgehead atoms. The Morgan fingerprint density at radius 1 is 1.05 bits per heavy atom. The Labute approximate surface area is 223 Å². The van der Waals surface area contributed by atoms with Crippen molar-refractivity contribution in [3.8, 4) is 6.07 Å². The number of fused-ring (bicyclic) bond motifs is 1. The number of aromatic nitrogens is 2. The van der Waals surface area contributed by atoms with Gasteiger partial charge < -0.3 is 15.2 Å². The Balaban J connectivity index is 1.44. The lowest BCUT2D eigenvalue weighted by atomic mass is 10.0. The summed E-state index contributed by atoms with van der Waals surface area (Å²) >= 11 is 0. The van der Waals surface area contributed by atoms with Crippen LogP contribution in [0.1, 0.15) is 64.1 Å². The van der Waals surface area contributed by atoms with Gasteiger partial charge in [-0.1, -0.05) is 12.1 Å². The zero-order valence-electron chi connectivity index (χ0n) is 21.3. The first-order valence-electron chi connectivity index (χ1n) is 12.8. The number of nitriles is 1. The molecule has 3 heterocycles. The van der Waals surface area contributed by atoms with Gasteiger partial charge in [-0.25, -0.2) is 4.98 Å². The average Bonchev–Trinajstić information content (AvgIpc) is 3.47. The van der Waals surface area contributed by atoms with E-state index in [9.17, 15) is 22.8 Å². The molecule has 2 aromatic carbocycles. The first kappa shape index (κ1) is 26.3. The van der Waals surface area contributed by atoms with E-state index < -0.39 is 17.8 Å². The van der Waals surface area contributed by atoms with Crippen LogP contribution in [0, 0.1) is 11.3 Å². The molecule has 1 atom stereocenters. The molecule has 39 heavy (non-hydrogen) atoms. The number of alkyl halides is 3. The quantitative estimate of drug-likeness (QED) is 0.525. The van der Waals surface area contributed by atoms with Crippen LogP contribution in [-0.2, 0) is 19.1 Å². The molecule has 8 nitrogen and oxygen atoms in total. The maximum absolute atomic E-state index is 13.8. The van der Waals surface area contributed by atoms with Gasteiger partial charge in [0, 0.05) is 31.6 Å². The molecular weight excluding hydrogens is 509 g/mol. The van der Waals surface area contributed by atoms with Crippen LogP contribution in [0.3, 0.4) is 0 Å². The van der Waals surface area contributed by atoms with E-state index in [-0.39, 0.29) is 18.0 Å². The van der Waals surface area contributed by atoms with E-state index in [1.807, 2.05) is 11.1 Å². The fourth-order valence-electron chi connectivity index (χ4n) is 5.00. The lowest BCUT2D eigenvalue weighted by Crippen LogP contribution is -2.47. The summed E-state index contributed by atoms with van der Waals surface area (Å²) < 4.78 is 40.5. The summed E-state index contributed by atoms with van der Waals surface area (Å²) in [5.74, 6) is 0.107. The number of benzene rings is 2. The number of carbonyl (C=O) groups is 1. The van der Waals surface area contributed by atoms with Crippen molar-refractivity contribution in [1.29, 1.82) is 5.26 Å². The Kier molecular flexibility index (Phi) is 7.04. The molecule has 11 heteroatoms. The van der Waals surface area contributed by atoms with Crippen molar-refractivity contribution in [2.45, 2.75) is 44.9 Å². The van der Waals surface area contributed by atoms with Crippen LogP contribution < -0.4 is 15.9 Å². The molecule has 2 aliphatic heterocycles. The van der Waals surface area contributed by atoms with Crippen molar-refractivity contribution >= 4 is 11.9 Å². The van der Waals surface area contributed by atoms with Crippen LogP contribution in [0.5, 0.6) is 0 Å². The van der Waals surface area contributed by atoms with Crippen LogP contribution in [-0.4, -0.2) is 40.1 Å². The molecule has 1 N–H and O–H groups in total. The number of anilines is 1. The minimum atomic E-state index is -4.42. The molecule has 0 saturated carbocycles. The molecule has 0 radical (unpaired) electrons. The number of nitrogens with zero attached hydrogens (tertiary/aromatic N) is 5. The molecule has 3 aromatic rings. The highest BCUT2D eigenvalue weighted by Gasteiger charge is 2.31. The number of rotatable bonds is 5. The molecule has 2 aliphatic rings. The van der Waals surface area contributed by atoms with E-state index in [4.69, 9.17) is 10.2 Å². The summed E-state index contributed by atoms with van der Waals surface area (Å²) in [5.41, 5.74) is 1.58. The Bertz CT molecular complexity index is 1470. The summed E-state index contributed by atoms with van der Waals surface area (Å²) in [4.78, 5) is 33.4. The maximum Gasteiger partial charge on any atom is 0.416 e.